The normalized spacial score (nSPS) is 19.3. The summed E-state index contributed by atoms with van der Waals surface area (Å²) in [7, 11) is 0. The Balaban J connectivity index is 1.82. The van der Waals surface area contributed by atoms with Crippen molar-refractivity contribution < 1.29 is 9.18 Å². The average Bonchev–Trinajstić information content (AvgIpc) is 3.11. The monoisotopic (exact) mass is 350 g/mol. The number of rotatable bonds is 2. The lowest BCUT2D eigenvalue weighted by atomic mass is 9.91. The van der Waals surface area contributed by atoms with Crippen LogP contribution in [0, 0.1) is 12.7 Å². The summed E-state index contributed by atoms with van der Waals surface area (Å²) in [4.78, 5) is 18.4. The minimum atomic E-state index is -0.274. The minimum absolute atomic E-state index is 0.0811. The fourth-order valence-corrected chi connectivity index (χ4v) is 3.59. The van der Waals surface area contributed by atoms with E-state index in [4.69, 9.17) is 0 Å². The van der Waals surface area contributed by atoms with Crippen molar-refractivity contribution in [1.29, 1.82) is 0 Å². The Labute approximate surface area is 151 Å². The maximum atomic E-state index is 13.3. The van der Waals surface area contributed by atoms with Gasteiger partial charge in [-0.2, -0.15) is 10.1 Å². The molecule has 0 bridgehead atoms. The van der Waals surface area contributed by atoms with E-state index in [2.05, 4.69) is 10.1 Å². The lowest BCUT2D eigenvalue weighted by molar-refractivity contribution is -0.117. The Morgan fingerprint density at radius 1 is 1.04 bits per heavy atom. The third-order valence-corrected chi connectivity index (χ3v) is 4.88. The molecule has 6 heteroatoms. The molecule has 0 fully saturated rings. The summed E-state index contributed by atoms with van der Waals surface area (Å²) in [6.07, 6.45) is 2.10. The molecule has 0 aliphatic carbocycles. The second-order valence-corrected chi connectivity index (χ2v) is 6.62. The van der Waals surface area contributed by atoms with Gasteiger partial charge < -0.3 is 0 Å². The molecule has 0 N–H and O–H groups in total. The van der Waals surface area contributed by atoms with E-state index in [0.29, 0.717) is 12.4 Å². The predicted octanol–water partition coefficient (Wildman–Crippen LogP) is 3.81. The van der Waals surface area contributed by atoms with Crippen LogP contribution >= 0.6 is 0 Å². The number of hydrogen-bond acceptors (Lipinski definition) is 3. The standard InChI is InChI=1S/C20H19FN4O/c1-13-3-5-15(6-4-13)18-11-19(16-7-9-17(21)10-8-16)25-20(22-12-23-25)24(18)14(2)26/h3-10,12,18-19H,11H2,1-2H3/t18-,19-/m0/s1. The van der Waals surface area contributed by atoms with E-state index in [1.165, 1.54) is 18.5 Å². The molecule has 1 amide bonds. The number of benzene rings is 2. The van der Waals surface area contributed by atoms with E-state index in [0.717, 1.165) is 16.7 Å². The van der Waals surface area contributed by atoms with Gasteiger partial charge in [0, 0.05) is 6.92 Å². The number of carbonyl (C=O) groups is 1. The highest BCUT2D eigenvalue weighted by molar-refractivity contribution is 5.90. The molecule has 5 nitrogen and oxygen atoms in total. The second kappa shape index (κ2) is 6.37. The van der Waals surface area contributed by atoms with Gasteiger partial charge in [0.1, 0.15) is 12.1 Å². The van der Waals surface area contributed by atoms with Gasteiger partial charge in [-0.1, -0.05) is 42.0 Å². The number of carbonyl (C=O) groups excluding carboxylic acids is 1. The first-order valence-corrected chi connectivity index (χ1v) is 8.56. The third kappa shape index (κ3) is 2.77. The van der Waals surface area contributed by atoms with E-state index >= 15 is 0 Å². The van der Waals surface area contributed by atoms with E-state index in [1.54, 1.807) is 28.6 Å². The van der Waals surface area contributed by atoms with Crippen LogP contribution in [0.4, 0.5) is 10.3 Å². The first-order valence-electron chi connectivity index (χ1n) is 8.56. The van der Waals surface area contributed by atoms with Crippen LogP contribution in [-0.2, 0) is 4.79 Å². The minimum Gasteiger partial charge on any atom is -0.275 e. The molecule has 2 aromatic carbocycles. The number of nitrogens with zero attached hydrogens (tertiary/aromatic N) is 4. The fourth-order valence-electron chi connectivity index (χ4n) is 3.59. The maximum absolute atomic E-state index is 13.3. The molecule has 26 heavy (non-hydrogen) atoms. The lowest BCUT2D eigenvalue weighted by Crippen LogP contribution is -2.41. The zero-order valence-corrected chi connectivity index (χ0v) is 14.6. The molecule has 2 atom stereocenters. The van der Waals surface area contributed by atoms with Crippen molar-refractivity contribution in [1.82, 2.24) is 14.8 Å². The number of aryl methyl sites for hydroxylation is 1. The molecule has 1 aliphatic rings. The van der Waals surface area contributed by atoms with Crippen molar-refractivity contribution in [3.05, 3.63) is 77.4 Å². The van der Waals surface area contributed by atoms with Crippen LogP contribution < -0.4 is 4.90 Å². The summed E-state index contributed by atoms with van der Waals surface area (Å²) >= 11 is 0. The van der Waals surface area contributed by atoms with Crippen molar-refractivity contribution in [2.24, 2.45) is 0 Å². The van der Waals surface area contributed by atoms with Crippen LogP contribution in [0.2, 0.25) is 0 Å². The molecular formula is C20H19FN4O. The van der Waals surface area contributed by atoms with Crippen LogP contribution in [0.25, 0.3) is 0 Å². The first-order chi connectivity index (χ1) is 12.5. The maximum Gasteiger partial charge on any atom is 0.231 e. The van der Waals surface area contributed by atoms with E-state index < -0.39 is 0 Å². The number of anilines is 1. The van der Waals surface area contributed by atoms with Gasteiger partial charge in [-0.05, 0) is 36.6 Å². The van der Waals surface area contributed by atoms with Crippen molar-refractivity contribution >= 4 is 11.9 Å². The molecule has 3 aromatic rings. The van der Waals surface area contributed by atoms with Crippen LogP contribution in [0.15, 0.2) is 54.9 Å². The fraction of sp³-hybridized carbons (Fsp3) is 0.250. The topological polar surface area (TPSA) is 51.0 Å². The smallest absolute Gasteiger partial charge is 0.231 e. The Hall–Kier alpha value is -3.02. The zero-order valence-electron chi connectivity index (χ0n) is 14.6. The van der Waals surface area contributed by atoms with Gasteiger partial charge in [-0.25, -0.2) is 9.07 Å². The molecule has 0 spiro atoms. The quantitative estimate of drug-likeness (QED) is 0.706. The lowest BCUT2D eigenvalue weighted by Gasteiger charge is -2.38. The van der Waals surface area contributed by atoms with Gasteiger partial charge in [-0.3, -0.25) is 9.69 Å². The number of amides is 1. The summed E-state index contributed by atoms with van der Waals surface area (Å²) in [5.41, 5.74) is 3.16. The molecule has 0 radical (unpaired) electrons. The number of hydrogen-bond donors (Lipinski definition) is 0. The summed E-state index contributed by atoms with van der Waals surface area (Å²) in [6.45, 7) is 3.57. The Kier molecular flexibility index (Phi) is 4.03. The highest BCUT2D eigenvalue weighted by atomic mass is 19.1. The number of halogens is 1. The number of fused-ring (bicyclic) bond motifs is 1. The van der Waals surface area contributed by atoms with Gasteiger partial charge in [0.25, 0.3) is 0 Å². The number of aromatic nitrogens is 3. The summed E-state index contributed by atoms with van der Waals surface area (Å²) in [5.74, 6) is 0.162. The SMILES string of the molecule is CC(=O)N1c2ncnn2[C@H](c2ccc(F)cc2)C[C@H]1c1ccc(C)cc1. The van der Waals surface area contributed by atoms with Crippen molar-refractivity contribution in [2.75, 3.05) is 4.90 Å². The predicted molar refractivity (Wildman–Crippen MR) is 96.3 cm³/mol. The summed E-state index contributed by atoms with van der Waals surface area (Å²) < 4.78 is 15.1. The molecular weight excluding hydrogens is 331 g/mol. The van der Waals surface area contributed by atoms with E-state index in [1.807, 2.05) is 31.2 Å². The first kappa shape index (κ1) is 16.4. The van der Waals surface area contributed by atoms with Gasteiger partial charge in [0.2, 0.25) is 11.9 Å². The van der Waals surface area contributed by atoms with Crippen LogP contribution in [0.5, 0.6) is 0 Å². The van der Waals surface area contributed by atoms with Crippen molar-refractivity contribution in [3.63, 3.8) is 0 Å². The Bertz CT molecular complexity index is 933. The second-order valence-electron chi connectivity index (χ2n) is 6.62. The summed E-state index contributed by atoms with van der Waals surface area (Å²) in [5, 5.41) is 4.33. The highest BCUT2D eigenvalue weighted by Crippen LogP contribution is 2.41. The molecule has 4 rings (SSSR count). The molecule has 0 saturated carbocycles. The van der Waals surface area contributed by atoms with Gasteiger partial charge >= 0.3 is 0 Å². The Morgan fingerprint density at radius 3 is 2.31 bits per heavy atom. The molecule has 1 aromatic heterocycles. The van der Waals surface area contributed by atoms with Crippen LogP contribution in [0.1, 0.15) is 42.1 Å². The highest BCUT2D eigenvalue weighted by Gasteiger charge is 2.38. The molecule has 1 aliphatic heterocycles. The van der Waals surface area contributed by atoms with Gasteiger partial charge in [-0.15, -0.1) is 0 Å². The third-order valence-electron chi connectivity index (χ3n) is 4.88. The van der Waals surface area contributed by atoms with Gasteiger partial charge in [0.05, 0.1) is 12.1 Å². The molecule has 2 heterocycles. The average molecular weight is 350 g/mol. The zero-order chi connectivity index (χ0) is 18.3. The largest absolute Gasteiger partial charge is 0.275 e. The Morgan fingerprint density at radius 2 is 1.65 bits per heavy atom. The van der Waals surface area contributed by atoms with E-state index in [9.17, 15) is 9.18 Å². The molecule has 0 saturated heterocycles. The van der Waals surface area contributed by atoms with Gasteiger partial charge in [0.15, 0.2) is 0 Å². The van der Waals surface area contributed by atoms with E-state index in [-0.39, 0.29) is 23.8 Å². The molecule has 132 valence electrons. The summed E-state index contributed by atoms with van der Waals surface area (Å²) in [6, 6.07) is 14.3. The van der Waals surface area contributed by atoms with Crippen molar-refractivity contribution in [3.8, 4) is 0 Å². The van der Waals surface area contributed by atoms with Crippen molar-refractivity contribution in [2.45, 2.75) is 32.4 Å². The van der Waals surface area contributed by atoms with Crippen LogP contribution in [-0.4, -0.2) is 20.7 Å². The van der Waals surface area contributed by atoms with Crippen LogP contribution in [0.3, 0.4) is 0 Å². The molecule has 0 unspecified atom stereocenters.